The van der Waals surface area contributed by atoms with Gasteiger partial charge in [0.15, 0.2) is 0 Å². The van der Waals surface area contributed by atoms with Crippen LogP contribution in [0, 0.1) is 16.4 Å². The Morgan fingerprint density at radius 2 is 2.26 bits per heavy atom. The summed E-state index contributed by atoms with van der Waals surface area (Å²) in [5.74, 6) is 0.0437. The number of hydrogen-bond acceptors (Lipinski definition) is 3. The minimum atomic E-state index is -0.359. The van der Waals surface area contributed by atoms with Crippen LogP contribution in [0.1, 0.15) is 15.9 Å². The Morgan fingerprint density at radius 1 is 1.53 bits per heavy atom. The van der Waals surface area contributed by atoms with Gasteiger partial charge in [0.1, 0.15) is 0 Å². The minimum absolute atomic E-state index is 0. The Hall–Kier alpha value is -0.370. The van der Waals surface area contributed by atoms with E-state index in [0.717, 1.165) is 15.7 Å². The molecule has 19 heavy (non-hydrogen) atoms. The van der Waals surface area contributed by atoms with Crippen LogP contribution in [-0.4, -0.2) is 36.8 Å². The molecule has 0 saturated carbocycles. The van der Waals surface area contributed by atoms with Gasteiger partial charge >= 0.3 is 0 Å². The molecule has 106 valence electrons. The number of amides is 1. The van der Waals surface area contributed by atoms with Crippen LogP contribution in [0.25, 0.3) is 0 Å². The third kappa shape index (κ3) is 4.05. The summed E-state index contributed by atoms with van der Waals surface area (Å²) in [4.78, 5) is 12.1. The molecule has 3 N–H and O–H groups in total. The molecule has 0 aromatic heterocycles. The molecule has 1 aromatic rings. The van der Waals surface area contributed by atoms with Crippen LogP contribution in [0.15, 0.2) is 18.2 Å². The smallest absolute Gasteiger partial charge is 0.251 e. The van der Waals surface area contributed by atoms with Gasteiger partial charge in [-0.1, -0.05) is 6.07 Å². The highest BCUT2D eigenvalue weighted by Crippen LogP contribution is 2.16. The molecule has 2 atom stereocenters. The molecule has 0 aliphatic carbocycles. The summed E-state index contributed by atoms with van der Waals surface area (Å²) < 4.78 is 1.09. The maximum absolute atomic E-state index is 12.1. The van der Waals surface area contributed by atoms with Crippen LogP contribution in [0.4, 0.5) is 0 Å². The lowest BCUT2D eigenvalue weighted by molar-refractivity contribution is 0.0926. The maximum Gasteiger partial charge on any atom is 0.251 e. The first-order valence-corrected chi connectivity index (χ1v) is 7.09. The molecule has 6 heteroatoms. The predicted octanol–water partition coefficient (Wildman–Crippen LogP) is 1.33. The summed E-state index contributed by atoms with van der Waals surface area (Å²) in [5, 5.41) is 15.7. The van der Waals surface area contributed by atoms with E-state index in [4.69, 9.17) is 0 Å². The molecule has 2 rings (SSSR count). The van der Waals surface area contributed by atoms with E-state index in [1.54, 1.807) is 0 Å². The van der Waals surface area contributed by atoms with Crippen LogP contribution in [0.2, 0.25) is 0 Å². The highest BCUT2D eigenvalue weighted by molar-refractivity contribution is 14.1. The van der Waals surface area contributed by atoms with Crippen LogP contribution in [0.5, 0.6) is 0 Å². The van der Waals surface area contributed by atoms with Crippen LogP contribution in [0.3, 0.4) is 0 Å². The molecule has 1 fully saturated rings. The highest BCUT2D eigenvalue weighted by atomic mass is 127. The van der Waals surface area contributed by atoms with Gasteiger partial charge in [-0.3, -0.25) is 4.79 Å². The molecule has 0 spiro atoms. The topological polar surface area (TPSA) is 61.4 Å². The molecule has 1 heterocycles. The van der Waals surface area contributed by atoms with Crippen molar-refractivity contribution in [2.45, 2.75) is 13.0 Å². The third-order valence-electron chi connectivity index (χ3n) is 3.34. The average Bonchev–Trinajstić information content (AvgIpc) is 2.75. The lowest BCUT2D eigenvalue weighted by Crippen LogP contribution is -2.34. The van der Waals surface area contributed by atoms with E-state index in [9.17, 15) is 9.90 Å². The van der Waals surface area contributed by atoms with Gasteiger partial charge in [-0.25, -0.2) is 0 Å². The Labute approximate surface area is 132 Å². The van der Waals surface area contributed by atoms with Crippen LogP contribution in [-0.2, 0) is 0 Å². The Morgan fingerprint density at radius 3 is 2.89 bits per heavy atom. The van der Waals surface area contributed by atoms with Crippen molar-refractivity contribution in [3.63, 3.8) is 0 Å². The third-order valence-corrected chi connectivity index (χ3v) is 4.51. The molecule has 4 nitrogen and oxygen atoms in total. The second kappa shape index (κ2) is 7.42. The van der Waals surface area contributed by atoms with Crippen molar-refractivity contribution < 1.29 is 9.90 Å². The fourth-order valence-corrected chi connectivity index (χ4v) is 2.60. The van der Waals surface area contributed by atoms with E-state index >= 15 is 0 Å². The number of hydrogen-bond donors (Lipinski definition) is 3. The first kappa shape index (κ1) is 16.7. The lowest BCUT2D eigenvalue weighted by Gasteiger charge is -2.15. The molecule has 1 amide bonds. The minimum Gasteiger partial charge on any atom is -0.391 e. The zero-order valence-corrected chi connectivity index (χ0v) is 13.6. The molecule has 1 aliphatic heterocycles. The average molecular weight is 397 g/mol. The van der Waals surface area contributed by atoms with E-state index in [-0.39, 0.29) is 30.3 Å². The van der Waals surface area contributed by atoms with Gasteiger partial charge in [0.2, 0.25) is 0 Å². The van der Waals surface area contributed by atoms with Crippen molar-refractivity contribution in [3.05, 3.63) is 32.9 Å². The van der Waals surface area contributed by atoms with Crippen molar-refractivity contribution in [1.29, 1.82) is 0 Å². The summed E-state index contributed by atoms with van der Waals surface area (Å²) in [6.07, 6.45) is -0.359. The van der Waals surface area contributed by atoms with E-state index in [2.05, 4.69) is 33.2 Å². The van der Waals surface area contributed by atoms with E-state index in [1.165, 1.54) is 0 Å². The van der Waals surface area contributed by atoms with Crippen molar-refractivity contribution in [2.24, 2.45) is 5.92 Å². The highest BCUT2D eigenvalue weighted by Gasteiger charge is 2.25. The van der Waals surface area contributed by atoms with Gasteiger partial charge in [-0.2, -0.15) is 0 Å². The normalized spacial score (nSPS) is 21.8. The van der Waals surface area contributed by atoms with Crippen molar-refractivity contribution >= 4 is 40.9 Å². The summed E-state index contributed by atoms with van der Waals surface area (Å²) >= 11 is 2.22. The van der Waals surface area contributed by atoms with Crippen molar-refractivity contribution in [2.75, 3.05) is 19.6 Å². The van der Waals surface area contributed by atoms with Crippen molar-refractivity contribution in [3.8, 4) is 0 Å². The number of aliphatic hydroxyl groups is 1. The van der Waals surface area contributed by atoms with E-state index in [1.807, 2.05) is 25.1 Å². The van der Waals surface area contributed by atoms with Gasteiger partial charge in [-0.15, -0.1) is 12.4 Å². The number of benzene rings is 1. The molecule has 1 saturated heterocycles. The SMILES string of the molecule is Cc1c(I)cccc1C(=O)NCC1CNCC1O.Cl. The molecule has 1 aromatic carbocycles. The number of β-amino-alcohol motifs (C(OH)–C–C–N with tert-alkyl or cyclic N) is 1. The van der Waals surface area contributed by atoms with E-state index < -0.39 is 0 Å². The Balaban J connectivity index is 0.00000180. The number of carbonyl (C=O) groups is 1. The summed E-state index contributed by atoms with van der Waals surface area (Å²) in [6, 6.07) is 5.70. The monoisotopic (exact) mass is 396 g/mol. The fraction of sp³-hybridized carbons (Fsp3) is 0.462. The van der Waals surface area contributed by atoms with Crippen LogP contribution < -0.4 is 10.6 Å². The first-order valence-electron chi connectivity index (χ1n) is 6.01. The summed E-state index contributed by atoms with van der Waals surface area (Å²) in [5.41, 5.74) is 1.71. The number of nitrogens with one attached hydrogen (secondary N) is 2. The number of halogens is 2. The van der Waals surface area contributed by atoms with Gasteiger partial charge in [-0.05, 0) is 47.2 Å². The molecule has 0 bridgehead atoms. The van der Waals surface area contributed by atoms with Crippen LogP contribution >= 0.6 is 35.0 Å². The number of rotatable bonds is 3. The zero-order chi connectivity index (χ0) is 13.1. The lowest BCUT2D eigenvalue weighted by atomic mass is 10.1. The van der Waals surface area contributed by atoms with Gasteiger partial charge < -0.3 is 15.7 Å². The second-order valence-electron chi connectivity index (χ2n) is 4.61. The molecule has 2 unspecified atom stereocenters. The predicted molar refractivity (Wildman–Crippen MR) is 85.8 cm³/mol. The maximum atomic E-state index is 12.1. The standard InChI is InChI=1S/C13H17IN2O2.ClH/c1-8-10(3-2-4-11(8)14)13(18)16-6-9-5-15-7-12(9)17;/h2-4,9,12,15,17H,5-7H2,1H3,(H,16,18);1H. The van der Waals surface area contributed by atoms with E-state index in [0.29, 0.717) is 18.7 Å². The number of aliphatic hydroxyl groups excluding tert-OH is 1. The Kier molecular flexibility index (Phi) is 6.52. The molecular weight excluding hydrogens is 379 g/mol. The summed E-state index contributed by atoms with van der Waals surface area (Å²) in [7, 11) is 0. The fourth-order valence-electron chi connectivity index (χ4n) is 2.10. The van der Waals surface area contributed by atoms with Crippen molar-refractivity contribution in [1.82, 2.24) is 10.6 Å². The largest absolute Gasteiger partial charge is 0.391 e. The molecule has 0 radical (unpaired) electrons. The van der Waals surface area contributed by atoms with Gasteiger partial charge in [0.05, 0.1) is 6.10 Å². The first-order chi connectivity index (χ1) is 8.59. The molecule has 1 aliphatic rings. The summed E-state index contributed by atoms with van der Waals surface area (Å²) in [6.45, 7) is 3.83. The van der Waals surface area contributed by atoms with Gasteiger partial charge in [0.25, 0.3) is 5.91 Å². The second-order valence-corrected chi connectivity index (χ2v) is 5.77. The quantitative estimate of drug-likeness (QED) is 0.676. The van der Waals surface area contributed by atoms with Gasteiger partial charge in [0, 0.05) is 34.7 Å². The molecular formula is C13H18ClIN2O2. The Bertz CT molecular complexity index is 456. The number of carbonyl (C=O) groups excluding carboxylic acids is 1. The zero-order valence-electron chi connectivity index (χ0n) is 10.6.